The predicted molar refractivity (Wildman–Crippen MR) is 50.1 cm³/mol. The Hall–Kier alpha value is -1.77. The summed E-state index contributed by atoms with van der Waals surface area (Å²) in [5.74, 6) is 0.375. The molecule has 0 saturated heterocycles. The van der Waals surface area contributed by atoms with Crippen LogP contribution in [0.2, 0.25) is 0 Å². The standard InChI is InChI=1S/C11H8O3/c1-6-2-3-8-7(4-6)10-9(14-8)5-13-11(10)12/h2-4H,5H2,1H3. The van der Waals surface area contributed by atoms with Gasteiger partial charge in [0.25, 0.3) is 0 Å². The van der Waals surface area contributed by atoms with Gasteiger partial charge in [0.1, 0.15) is 11.1 Å². The smallest absolute Gasteiger partial charge is 0.342 e. The molecule has 0 atom stereocenters. The summed E-state index contributed by atoms with van der Waals surface area (Å²) < 4.78 is 10.4. The number of aryl methyl sites for hydroxylation is 1. The van der Waals surface area contributed by atoms with Crippen LogP contribution in [-0.2, 0) is 11.3 Å². The summed E-state index contributed by atoms with van der Waals surface area (Å²) >= 11 is 0. The maximum Gasteiger partial charge on any atom is 0.342 e. The van der Waals surface area contributed by atoms with E-state index in [1.54, 1.807) is 0 Å². The van der Waals surface area contributed by atoms with Gasteiger partial charge >= 0.3 is 5.97 Å². The van der Waals surface area contributed by atoms with Gasteiger partial charge in [0.15, 0.2) is 12.4 Å². The Kier molecular flexibility index (Phi) is 1.29. The van der Waals surface area contributed by atoms with E-state index in [4.69, 9.17) is 9.15 Å². The molecule has 0 unspecified atom stereocenters. The van der Waals surface area contributed by atoms with Gasteiger partial charge in [-0.25, -0.2) is 4.79 Å². The fourth-order valence-corrected chi connectivity index (χ4v) is 1.79. The van der Waals surface area contributed by atoms with E-state index < -0.39 is 0 Å². The molecule has 1 aromatic heterocycles. The molecule has 0 spiro atoms. The van der Waals surface area contributed by atoms with Crippen LogP contribution in [0, 0.1) is 6.92 Å². The predicted octanol–water partition coefficient (Wildman–Crippen LogP) is 2.41. The molecule has 0 N–H and O–H groups in total. The molecule has 2 heterocycles. The minimum atomic E-state index is -0.274. The number of benzene rings is 1. The zero-order chi connectivity index (χ0) is 9.71. The molecule has 0 fully saturated rings. The number of esters is 1. The van der Waals surface area contributed by atoms with E-state index in [0.29, 0.717) is 11.3 Å². The lowest BCUT2D eigenvalue weighted by molar-refractivity contribution is 0.0524. The number of carbonyl (C=O) groups excluding carboxylic acids is 1. The van der Waals surface area contributed by atoms with E-state index in [2.05, 4.69) is 0 Å². The van der Waals surface area contributed by atoms with Crippen LogP contribution in [0.4, 0.5) is 0 Å². The van der Waals surface area contributed by atoms with Gasteiger partial charge in [-0.1, -0.05) is 11.6 Å². The number of furan rings is 1. The lowest BCUT2D eigenvalue weighted by Gasteiger charge is -1.94. The Bertz CT molecular complexity index is 537. The van der Waals surface area contributed by atoms with Gasteiger partial charge in [-0.2, -0.15) is 0 Å². The van der Waals surface area contributed by atoms with Gasteiger partial charge in [0.05, 0.1) is 0 Å². The summed E-state index contributed by atoms with van der Waals surface area (Å²) in [6.45, 7) is 2.25. The quantitative estimate of drug-likeness (QED) is 0.596. The highest BCUT2D eigenvalue weighted by Crippen LogP contribution is 2.31. The van der Waals surface area contributed by atoms with Crippen molar-refractivity contribution in [2.75, 3.05) is 0 Å². The van der Waals surface area contributed by atoms with Crippen LogP contribution >= 0.6 is 0 Å². The molecule has 2 aromatic rings. The number of hydrogen-bond acceptors (Lipinski definition) is 3. The Morgan fingerprint density at radius 3 is 3.07 bits per heavy atom. The van der Waals surface area contributed by atoms with Crippen LogP contribution < -0.4 is 0 Å². The first-order chi connectivity index (χ1) is 6.75. The Balaban J connectivity index is 2.43. The molecule has 0 radical (unpaired) electrons. The van der Waals surface area contributed by atoms with E-state index in [9.17, 15) is 4.79 Å². The normalized spacial score (nSPS) is 14.5. The zero-order valence-corrected chi connectivity index (χ0v) is 7.66. The number of ether oxygens (including phenoxy) is 1. The van der Waals surface area contributed by atoms with Gasteiger partial charge in [-0.05, 0) is 19.1 Å². The van der Waals surface area contributed by atoms with Crippen molar-refractivity contribution in [2.45, 2.75) is 13.5 Å². The van der Waals surface area contributed by atoms with Crippen LogP contribution in [0.15, 0.2) is 22.6 Å². The molecule has 0 saturated carbocycles. The fraction of sp³-hybridized carbons (Fsp3) is 0.182. The van der Waals surface area contributed by atoms with Crippen molar-refractivity contribution in [1.29, 1.82) is 0 Å². The average molecular weight is 188 g/mol. The van der Waals surface area contributed by atoms with E-state index in [1.165, 1.54) is 0 Å². The second-order valence-electron chi connectivity index (χ2n) is 3.48. The summed E-state index contributed by atoms with van der Waals surface area (Å²) in [7, 11) is 0. The zero-order valence-electron chi connectivity index (χ0n) is 7.66. The fourth-order valence-electron chi connectivity index (χ4n) is 1.79. The number of carbonyl (C=O) groups is 1. The third-order valence-corrected chi connectivity index (χ3v) is 2.45. The van der Waals surface area contributed by atoms with Crippen LogP contribution in [0.25, 0.3) is 11.0 Å². The maximum atomic E-state index is 11.4. The highest BCUT2D eigenvalue weighted by atomic mass is 16.5. The molecular formula is C11H8O3. The topological polar surface area (TPSA) is 39.4 Å². The number of rotatable bonds is 0. The SMILES string of the molecule is Cc1ccc2oc3c(c2c1)C(=O)OC3. The highest BCUT2D eigenvalue weighted by Gasteiger charge is 2.28. The number of hydrogen-bond donors (Lipinski definition) is 0. The van der Waals surface area contributed by atoms with Gasteiger partial charge in [0.2, 0.25) is 0 Å². The van der Waals surface area contributed by atoms with Crippen LogP contribution in [0.5, 0.6) is 0 Å². The molecule has 3 rings (SSSR count). The molecule has 1 aliphatic heterocycles. The van der Waals surface area contributed by atoms with E-state index in [1.807, 2.05) is 25.1 Å². The molecular weight excluding hydrogens is 180 g/mol. The van der Waals surface area contributed by atoms with Gasteiger partial charge < -0.3 is 9.15 Å². The molecule has 1 aromatic carbocycles. The van der Waals surface area contributed by atoms with E-state index in [-0.39, 0.29) is 12.6 Å². The molecule has 1 aliphatic rings. The average Bonchev–Trinajstić information content (AvgIpc) is 2.67. The molecule has 0 aliphatic carbocycles. The second kappa shape index (κ2) is 2.38. The van der Waals surface area contributed by atoms with Crippen LogP contribution in [0.1, 0.15) is 21.7 Å². The molecule has 70 valence electrons. The lowest BCUT2D eigenvalue weighted by Crippen LogP contribution is -1.93. The lowest BCUT2D eigenvalue weighted by atomic mass is 10.1. The van der Waals surface area contributed by atoms with Crippen molar-refractivity contribution in [2.24, 2.45) is 0 Å². The third kappa shape index (κ3) is 0.839. The minimum absolute atomic E-state index is 0.266. The number of cyclic esters (lactones) is 1. The number of fused-ring (bicyclic) bond motifs is 3. The van der Waals surface area contributed by atoms with Crippen molar-refractivity contribution in [1.82, 2.24) is 0 Å². The highest BCUT2D eigenvalue weighted by molar-refractivity contribution is 6.06. The van der Waals surface area contributed by atoms with Gasteiger partial charge in [0, 0.05) is 5.39 Å². The summed E-state index contributed by atoms with van der Waals surface area (Å²) in [6.07, 6.45) is 0. The molecule has 0 amide bonds. The summed E-state index contributed by atoms with van der Waals surface area (Å²) in [5, 5.41) is 0.863. The first kappa shape index (κ1) is 7.62. The van der Waals surface area contributed by atoms with Crippen LogP contribution in [-0.4, -0.2) is 5.97 Å². The van der Waals surface area contributed by atoms with Crippen molar-refractivity contribution in [3.05, 3.63) is 35.1 Å². The van der Waals surface area contributed by atoms with Crippen LogP contribution in [0.3, 0.4) is 0 Å². The Morgan fingerprint density at radius 1 is 1.36 bits per heavy atom. The largest absolute Gasteiger partial charge is 0.456 e. The summed E-state index contributed by atoms with van der Waals surface area (Å²) in [6, 6.07) is 5.80. The van der Waals surface area contributed by atoms with E-state index in [0.717, 1.165) is 16.5 Å². The Morgan fingerprint density at radius 2 is 2.21 bits per heavy atom. The van der Waals surface area contributed by atoms with E-state index >= 15 is 0 Å². The summed E-state index contributed by atoms with van der Waals surface area (Å²) in [4.78, 5) is 11.4. The molecule has 14 heavy (non-hydrogen) atoms. The van der Waals surface area contributed by atoms with Crippen molar-refractivity contribution < 1.29 is 13.9 Å². The molecule has 3 nitrogen and oxygen atoms in total. The van der Waals surface area contributed by atoms with Gasteiger partial charge in [-0.3, -0.25) is 0 Å². The summed E-state index contributed by atoms with van der Waals surface area (Å²) in [5.41, 5.74) is 2.47. The second-order valence-corrected chi connectivity index (χ2v) is 3.48. The Labute approximate surface area is 80.3 Å². The maximum absolute atomic E-state index is 11.4. The van der Waals surface area contributed by atoms with Crippen molar-refractivity contribution in [3.8, 4) is 0 Å². The molecule has 0 bridgehead atoms. The third-order valence-electron chi connectivity index (χ3n) is 2.45. The molecule has 3 heteroatoms. The minimum Gasteiger partial charge on any atom is -0.456 e. The monoisotopic (exact) mass is 188 g/mol. The first-order valence-electron chi connectivity index (χ1n) is 4.45. The van der Waals surface area contributed by atoms with Crippen molar-refractivity contribution in [3.63, 3.8) is 0 Å². The van der Waals surface area contributed by atoms with Crippen molar-refractivity contribution >= 4 is 16.9 Å². The first-order valence-corrected chi connectivity index (χ1v) is 4.45. The van der Waals surface area contributed by atoms with Gasteiger partial charge in [-0.15, -0.1) is 0 Å².